The van der Waals surface area contributed by atoms with Crippen molar-refractivity contribution in [3.05, 3.63) is 71.3 Å². The number of rotatable bonds is 6. The van der Waals surface area contributed by atoms with E-state index in [1.807, 2.05) is 37.2 Å². The Hall–Kier alpha value is -1.60. The third-order valence-electron chi connectivity index (χ3n) is 3.46. The van der Waals surface area contributed by atoms with Crippen molar-refractivity contribution in [2.75, 3.05) is 21.2 Å². The van der Waals surface area contributed by atoms with E-state index in [0.29, 0.717) is 13.2 Å². The van der Waals surface area contributed by atoms with E-state index in [2.05, 4.69) is 46.7 Å². The number of hydrogen-bond acceptors (Lipinski definition) is 2. The average Bonchev–Trinajstić information content (AvgIpc) is 2.57. The van der Waals surface area contributed by atoms with Crippen molar-refractivity contribution in [1.82, 2.24) is 10.2 Å². The van der Waals surface area contributed by atoms with Gasteiger partial charge in [-0.25, -0.2) is 4.99 Å². The first-order valence-corrected chi connectivity index (χ1v) is 7.75. The van der Waals surface area contributed by atoms with Crippen molar-refractivity contribution in [2.24, 2.45) is 4.99 Å². The van der Waals surface area contributed by atoms with Gasteiger partial charge in [-0.15, -0.1) is 24.0 Å². The van der Waals surface area contributed by atoms with Crippen LogP contribution in [0.5, 0.6) is 0 Å². The second kappa shape index (κ2) is 11.0. The van der Waals surface area contributed by atoms with Crippen LogP contribution >= 0.6 is 24.0 Å². The molecule has 2 rings (SSSR count). The van der Waals surface area contributed by atoms with Crippen molar-refractivity contribution < 1.29 is 4.74 Å². The van der Waals surface area contributed by atoms with E-state index in [4.69, 9.17) is 4.74 Å². The van der Waals surface area contributed by atoms with Crippen molar-refractivity contribution in [1.29, 1.82) is 0 Å². The minimum Gasteiger partial charge on any atom is -0.380 e. The van der Waals surface area contributed by atoms with Crippen molar-refractivity contribution in [3.8, 4) is 0 Å². The molecule has 0 heterocycles. The number of nitrogens with one attached hydrogen (secondary N) is 1. The van der Waals surface area contributed by atoms with Crippen molar-refractivity contribution in [3.63, 3.8) is 0 Å². The molecule has 0 amide bonds. The molecule has 0 aromatic heterocycles. The third-order valence-corrected chi connectivity index (χ3v) is 3.46. The van der Waals surface area contributed by atoms with Crippen LogP contribution in [0.1, 0.15) is 16.7 Å². The monoisotopic (exact) mass is 439 g/mol. The third kappa shape index (κ3) is 6.88. The summed E-state index contributed by atoms with van der Waals surface area (Å²) in [5.41, 5.74) is 3.61. The van der Waals surface area contributed by atoms with Gasteiger partial charge in [0, 0.05) is 27.7 Å². The second-order valence-corrected chi connectivity index (χ2v) is 5.62. The molecule has 0 fully saturated rings. The lowest BCUT2D eigenvalue weighted by Crippen LogP contribution is -2.36. The van der Waals surface area contributed by atoms with E-state index in [1.54, 1.807) is 7.11 Å². The van der Waals surface area contributed by atoms with Gasteiger partial charge in [-0.05, 0) is 16.7 Å². The standard InChI is InChI=1S/C19H25N3O.HI/c1-22(2)19(20-13-16-7-5-4-6-8-16)21-14-17-9-11-18(12-10-17)15-23-3;/h4-12H,13-15H2,1-3H3,(H,20,21);1H. The topological polar surface area (TPSA) is 36.9 Å². The summed E-state index contributed by atoms with van der Waals surface area (Å²) in [4.78, 5) is 6.67. The molecule has 0 aliphatic rings. The van der Waals surface area contributed by atoms with E-state index in [1.165, 1.54) is 16.7 Å². The zero-order valence-corrected chi connectivity index (χ0v) is 16.9. The zero-order chi connectivity index (χ0) is 16.5. The molecule has 0 aliphatic heterocycles. The number of guanidine groups is 1. The van der Waals surface area contributed by atoms with Crippen LogP contribution in [-0.4, -0.2) is 32.1 Å². The number of hydrogen-bond donors (Lipinski definition) is 1. The van der Waals surface area contributed by atoms with Gasteiger partial charge in [0.1, 0.15) is 0 Å². The molecule has 0 spiro atoms. The average molecular weight is 439 g/mol. The van der Waals surface area contributed by atoms with Gasteiger partial charge in [0.05, 0.1) is 13.2 Å². The van der Waals surface area contributed by atoms with E-state index >= 15 is 0 Å². The van der Waals surface area contributed by atoms with Crippen molar-refractivity contribution in [2.45, 2.75) is 19.7 Å². The predicted octanol–water partition coefficient (Wildman–Crippen LogP) is 3.66. The molecular weight excluding hydrogens is 413 g/mol. The summed E-state index contributed by atoms with van der Waals surface area (Å²) in [6.07, 6.45) is 0. The first-order chi connectivity index (χ1) is 11.2. The zero-order valence-electron chi connectivity index (χ0n) is 14.5. The molecule has 130 valence electrons. The van der Waals surface area contributed by atoms with Crippen molar-refractivity contribution >= 4 is 29.9 Å². The number of benzene rings is 2. The van der Waals surface area contributed by atoms with Crippen LogP contribution in [0.3, 0.4) is 0 Å². The summed E-state index contributed by atoms with van der Waals surface area (Å²) in [7, 11) is 5.71. The second-order valence-electron chi connectivity index (χ2n) is 5.62. The van der Waals surface area contributed by atoms with Gasteiger partial charge < -0.3 is 15.0 Å². The Kier molecular flexibility index (Phi) is 9.41. The molecule has 2 aromatic rings. The van der Waals surface area contributed by atoms with Gasteiger partial charge in [-0.2, -0.15) is 0 Å². The maximum absolute atomic E-state index is 5.13. The summed E-state index contributed by atoms with van der Waals surface area (Å²) in [6, 6.07) is 18.7. The molecule has 5 heteroatoms. The molecule has 0 bridgehead atoms. The first-order valence-electron chi connectivity index (χ1n) is 7.75. The van der Waals surface area contributed by atoms with Gasteiger partial charge in [0.15, 0.2) is 5.96 Å². The number of methoxy groups -OCH3 is 1. The van der Waals surface area contributed by atoms with Crippen LogP contribution in [0.2, 0.25) is 0 Å². The predicted molar refractivity (Wildman–Crippen MR) is 111 cm³/mol. The minimum atomic E-state index is 0. The largest absolute Gasteiger partial charge is 0.380 e. The lowest BCUT2D eigenvalue weighted by molar-refractivity contribution is 0.185. The fraction of sp³-hybridized carbons (Fsp3) is 0.316. The summed E-state index contributed by atoms with van der Waals surface area (Å²) in [5.74, 6) is 0.884. The highest BCUT2D eigenvalue weighted by Gasteiger charge is 2.02. The Labute approximate surface area is 162 Å². The van der Waals surface area contributed by atoms with Crippen LogP contribution in [-0.2, 0) is 24.4 Å². The number of halogens is 1. The number of ether oxygens (including phenoxy) is 1. The molecule has 4 nitrogen and oxygen atoms in total. The van der Waals surface area contributed by atoms with Gasteiger partial charge in [-0.3, -0.25) is 0 Å². The summed E-state index contributed by atoms with van der Waals surface area (Å²) >= 11 is 0. The summed E-state index contributed by atoms with van der Waals surface area (Å²) in [6.45, 7) is 2.07. The molecule has 0 unspecified atom stereocenters. The fourth-order valence-corrected chi connectivity index (χ4v) is 2.21. The SMILES string of the molecule is COCc1ccc(CNC(=NCc2ccccc2)N(C)C)cc1.I. The Balaban J connectivity index is 0.00000288. The highest BCUT2D eigenvalue weighted by molar-refractivity contribution is 14.0. The molecule has 0 atom stereocenters. The smallest absolute Gasteiger partial charge is 0.194 e. The van der Waals surface area contributed by atoms with E-state index in [9.17, 15) is 0 Å². The molecule has 0 saturated heterocycles. The maximum Gasteiger partial charge on any atom is 0.194 e. The van der Waals surface area contributed by atoms with Gasteiger partial charge in [-0.1, -0.05) is 54.6 Å². The molecule has 2 aromatic carbocycles. The summed E-state index contributed by atoms with van der Waals surface area (Å²) < 4.78 is 5.13. The highest BCUT2D eigenvalue weighted by atomic mass is 127. The molecular formula is C19H26IN3O. The van der Waals surface area contributed by atoms with Crippen LogP contribution in [0.4, 0.5) is 0 Å². The lowest BCUT2D eigenvalue weighted by atomic mass is 10.1. The first kappa shape index (κ1) is 20.4. The van der Waals surface area contributed by atoms with Crippen LogP contribution < -0.4 is 5.32 Å². The lowest BCUT2D eigenvalue weighted by Gasteiger charge is -2.18. The van der Waals surface area contributed by atoms with Crippen LogP contribution in [0, 0.1) is 0 Å². The maximum atomic E-state index is 5.13. The Bertz CT molecular complexity index is 612. The Morgan fingerprint density at radius 1 is 0.958 bits per heavy atom. The van der Waals surface area contributed by atoms with E-state index < -0.39 is 0 Å². The Morgan fingerprint density at radius 3 is 2.17 bits per heavy atom. The van der Waals surface area contributed by atoms with Gasteiger partial charge in [0.2, 0.25) is 0 Å². The minimum absolute atomic E-state index is 0. The van der Waals surface area contributed by atoms with Gasteiger partial charge >= 0.3 is 0 Å². The summed E-state index contributed by atoms with van der Waals surface area (Å²) in [5, 5.41) is 3.40. The normalized spacial score (nSPS) is 10.9. The molecule has 24 heavy (non-hydrogen) atoms. The molecule has 0 radical (unpaired) electrons. The van der Waals surface area contributed by atoms with E-state index in [-0.39, 0.29) is 24.0 Å². The van der Waals surface area contributed by atoms with Crippen LogP contribution in [0.15, 0.2) is 59.6 Å². The molecule has 0 aliphatic carbocycles. The highest BCUT2D eigenvalue weighted by Crippen LogP contribution is 2.06. The fourth-order valence-electron chi connectivity index (χ4n) is 2.21. The molecule has 1 N–H and O–H groups in total. The molecule has 0 saturated carbocycles. The van der Waals surface area contributed by atoms with Crippen LogP contribution in [0.25, 0.3) is 0 Å². The Morgan fingerprint density at radius 2 is 1.58 bits per heavy atom. The van der Waals surface area contributed by atoms with Gasteiger partial charge in [0.25, 0.3) is 0 Å². The number of aliphatic imine (C=N–C) groups is 1. The van der Waals surface area contributed by atoms with E-state index in [0.717, 1.165) is 12.5 Å². The quantitative estimate of drug-likeness (QED) is 0.424. The number of nitrogens with zero attached hydrogens (tertiary/aromatic N) is 2.